The van der Waals surface area contributed by atoms with E-state index < -0.39 is 23.6 Å². The summed E-state index contributed by atoms with van der Waals surface area (Å²) in [7, 11) is 0. The van der Waals surface area contributed by atoms with E-state index in [0.717, 1.165) is 38.5 Å². The van der Waals surface area contributed by atoms with Crippen molar-refractivity contribution in [3.05, 3.63) is 41.5 Å². The van der Waals surface area contributed by atoms with Crippen LogP contribution in [-0.4, -0.2) is 40.1 Å². The topological polar surface area (TPSA) is 66.8 Å². The lowest BCUT2D eigenvalue weighted by Crippen LogP contribution is -2.47. The van der Waals surface area contributed by atoms with Crippen molar-refractivity contribution >= 4 is 22.6 Å². The Balaban J connectivity index is 1.43. The quantitative estimate of drug-likeness (QED) is 0.549. The number of carboxylic acids is 1. The number of fused-ring (bicyclic) bond motifs is 3. The predicted octanol–water partition coefficient (Wildman–Crippen LogP) is 6.28. The molecule has 1 N–H and O–H groups in total. The number of rotatable bonds is 4. The number of benzene rings is 2. The van der Waals surface area contributed by atoms with Crippen LogP contribution < -0.4 is 4.74 Å². The first-order valence-electron chi connectivity index (χ1n) is 12.5. The van der Waals surface area contributed by atoms with Crippen molar-refractivity contribution in [1.82, 2.24) is 4.90 Å². The minimum absolute atomic E-state index is 0.0169. The molecule has 2 aromatic rings. The third-order valence-electron chi connectivity index (χ3n) is 8.09. The molecule has 1 amide bonds. The number of aliphatic carboxylic acids is 1. The number of ether oxygens (including phenoxy) is 1. The zero-order valence-corrected chi connectivity index (χ0v) is 19.7. The Kier molecular flexibility index (Phi) is 6.18. The summed E-state index contributed by atoms with van der Waals surface area (Å²) in [6.45, 7) is 2.14. The van der Waals surface area contributed by atoms with Gasteiger partial charge in [0.05, 0.1) is 12.0 Å². The number of hydrogen-bond acceptors (Lipinski definition) is 3. The molecule has 2 saturated heterocycles. The second-order valence-electron chi connectivity index (χ2n) is 10.5. The summed E-state index contributed by atoms with van der Waals surface area (Å²) in [6.07, 6.45) is 0.895. The largest absolute Gasteiger partial charge is 0.490 e. The molecule has 2 unspecified atom stereocenters. The van der Waals surface area contributed by atoms with Crippen LogP contribution in [0.2, 0.25) is 0 Å². The third kappa shape index (κ3) is 4.59. The maximum atomic E-state index is 14.2. The van der Waals surface area contributed by atoms with Crippen LogP contribution >= 0.6 is 0 Å². The van der Waals surface area contributed by atoms with Crippen molar-refractivity contribution in [2.24, 2.45) is 11.8 Å². The van der Waals surface area contributed by atoms with Crippen molar-refractivity contribution in [3.8, 4) is 5.75 Å². The molecule has 2 aliphatic heterocycles. The van der Waals surface area contributed by atoms with E-state index in [1.165, 1.54) is 24.3 Å². The van der Waals surface area contributed by atoms with Crippen LogP contribution in [0.5, 0.6) is 5.75 Å². The number of piperidine rings is 1. The molecule has 5 rings (SSSR count). The lowest BCUT2D eigenvalue weighted by molar-refractivity contribution is -0.144. The molecule has 0 aromatic heterocycles. The monoisotopic (exact) mass is 489 g/mol. The van der Waals surface area contributed by atoms with Gasteiger partial charge in [-0.1, -0.05) is 19.1 Å². The molecule has 2 heterocycles. The average Bonchev–Trinajstić information content (AvgIpc) is 3.07. The molecule has 1 aliphatic carbocycles. The van der Waals surface area contributed by atoms with Crippen molar-refractivity contribution < 1.29 is 32.6 Å². The zero-order chi connectivity index (χ0) is 24.9. The molecule has 5 nitrogen and oxygen atoms in total. The van der Waals surface area contributed by atoms with Gasteiger partial charge in [0.25, 0.3) is 5.91 Å². The van der Waals surface area contributed by atoms with E-state index in [2.05, 4.69) is 6.92 Å². The molecule has 8 heteroatoms. The van der Waals surface area contributed by atoms with Crippen LogP contribution in [0.4, 0.5) is 13.2 Å². The Morgan fingerprint density at radius 3 is 2.23 bits per heavy atom. The molecular weight excluding hydrogens is 459 g/mol. The number of carboxylic acid groups (broad SMARTS) is 1. The first-order chi connectivity index (χ1) is 16.6. The summed E-state index contributed by atoms with van der Waals surface area (Å²) in [6, 6.07) is 7.02. The van der Waals surface area contributed by atoms with Crippen molar-refractivity contribution in [2.45, 2.75) is 82.7 Å². The van der Waals surface area contributed by atoms with E-state index in [1.54, 1.807) is 11.0 Å². The molecule has 188 valence electrons. The van der Waals surface area contributed by atoms with E-state index >= 15 is 0 Å². The van der Waals surface area contributed by atoms with Gasteiger partial charge in [-0.05, 0) is 86.3 Å². The highest BCUT2D eigenvalue weighted by atomic mass is 19.4. The molecule has 3 fully saturated rings. The van der Waals surface area contributed by atoms with Gasteiger partial charge < -0.3 is 14.7 Å². The summed E-state index contributed by atoms with van der Waals surface area (Å²) in [5.41, 5.74) is -0.471. The highest BCUT2D eigenvalue weighted by Gasteiger charge is 2.45. The van der Waals surface area contributed by atoms with Gasteiger partial charge in [0.15, 0.2) is 0 Å². The van der Waals surface area contributed by atoms with Gasteiger partial charge in [0.1, 0.15) is 11.3 Å². The first-order valence-corrected chi connectivity index (χ1v) is 12.5. The van der Waals surface area contributed by atoms with Crippen LogP contribution in [0.15, 0.2) is 30.3 Å². The number of carbonyl (C=O) groups is 2. The van der Waals surface area contributed by atoms with Crippen molar-refractivity contribution in [1.29, 1.82) is 0 Å². The number of alkyl halides is 3. The molecule has 0 spiro atoms. The molecule has 1 saturated carbocycles. The second-order valence-corrected chi connectivity index (χ2v) is 10.5. The molecule has 0 radical (unpaired) electrons. The summed E-state index contributed by atoms with van der Waals surface area (Å²) in [5, 5.41) is 9.74. The van der Waals surface area contributed by atoms with Crippen LogP contribution in [0.1, 0.15) is 74.2 Å². The minimum atomic E-state index is -4.60. The van der Waals surface area contributed by atoms with Gasteiger partial charge in [-0.25, -0.2) is 0 Å². The van der Waals surface area contributed by atoms with Crippen molar-refractivity contribution in [2.75, 3.05) is 0 Å². The molecule has 2 atom stereocenters. The lowest BCUT2D eigenvalue weighted by atomic mass is 9.89. The standard InChI is InChI=1S/C27H30F3NO4/c1-15-2-8-21(9-3-15)35-23-11-5-16-12-17(4-10-22(16)24(23)27(28,29)30)25(32)31-19-6-7-20(31)14-18(13-19)26(33)34/h4-5,10-12,15,18-21H,2-3,6-9,13-14H2,1H3,(H,33,34). The molecule has 2 aromatic carbocycles. The Morgan fingerprint density at radius 1 is 0.971 bits per heavy atom. The van der Waals surface area contributed by atoms with Crippen molar-refractivity contribution in [3.63, 3.8) is 0 Å². The maximum absolute atomic E-state index is 14.2. The first kappa shape index (κ1) is 23.9. The zero-order valence-electron chi connectivity index (χ0n) is 19.7. The SMILES string of the molecule is CC1CCC(Oc2ccc3cc(C(=O)N4C5CCC4CC(C(=O)O)C5)ccc3c2C(F)(F)F)CC1. The fourth-order valence-electron chi connectivity index (χ4n) is 6.22. The predicted molar refractivity (Wildman–Crippen MR) is 124 cm³/mol. The fourth-order valence-corrected chi connectivity index (χ4v) is 6.22. The number of amides is 1. The summed E-state index contributed by atoms with van der Waals surface area (Å²) >= 11 is 0. The number of nitrogens with zero attached hydrogens (tertiary/aromatic N) is 1. The second kappa shape index (κ2) is 9.03. The van der Waals surface area contributed by atoms with Gasteiger partial charge in [0.2, 0.25) is 0 Å². The van der Waals surface area contributed by atoms with Gasteiger partial charge >= 0.3 is 12.1 Å². The lowest BCUT2D eigenvalue weighted by Gasteiger charge is -2.37. The van der Waals surface area contributed by atoms with Crippen LogP contribution in [0.25, 0.3) is 10.8 Å². The van der Waals surface area contributed by atoms with Crippen LogP contribution in [-0.2, 0) is 11.0 Å². The third-order valence-corrected chi connectivity index (χ3v) is 8.09. The summed E-state index contributed by atoms with van der Waals surface area (Å²) in [5.74, 6) is -1.12. The molecule has 35 heavy (non-hydrogen) atoms. The van der Waals surface area contributed by atoms with Gasteiger partial charge in [0, 0.05) is 17.6 Å². The van der Waals surface area contributed by atoms with Gasteiger partial charge in [-0.2, -0.15) is 13.2 Å². The maximum Gasteiger partial charge on any atom is 0.420 e. The smallest absolute Gasteiger partial charge is 0.420 e. The number of halogens is 3. The van der Waals surface area contributed by atoms with Gasteiger partial charge in [-0.15, -0.1) is 0 Å². The fraction of sp³-hybridized carbons (Fsp3) is 0.556. The average molecular weight is 490 g/mol. The van der Waals surface area contributed by atoms with Crippen LogP contribution in [0.3, 0.4) is 0 Å². The molecule has 2 bridgehead atoms. The van der Waals surface area contributed by atoms with E-state index in [9.17, 15) is 27.9 Å². The van der Waals surface area contributed by atoms with E-state index in [-0.39, 0.29) is 35.2 Å². The summed E-state index contributed by atoms with van der Waals surface area (Å²) < 4.78 is 48.3. The Morgan fingerprint density at radius 2 is 1.63 bits per heavy atom. The van der Waals surface area contributed by atoms with E-state index in [4.69, 9.17) is 4.74 Å². The number of hydrogen-bond donors (Lipinski definition) is 1. The highest BCUT2D eigenvalue weighted by Crippen LogP contribution is 2.44. The molecular formula is C27H30F3NO4. The van der Waals surface area contributed by atoms with Gasteiger partial charge in [-0.3, -0.25) is 9.59 Å². The number of carbonyl (C=O) groups excluding carboxylic acids is 1. The Hall–Kier alpha value is -2.77. The normalized spacial score (nSPS) is 28.8. The van der Waals surface area contributed by atoms with Crippen LogP contribution in [0, 0.1) is 11.8 Å². The Labute approximate surface area is 202 Å². The Bertz CT molecular complexity index is 1130. The minimum Gasteiger partial charge on any atom is -0.490 e. The highest BCUT2D eigenvalue weighted by molar-refractivity contribution is 6.00. The summed E-state index contributed by atoms with van der Waals surface area (Å²) in [4.78, 5) is 26.5. The van der Waals surface area contributed by atoms with E-state index in [0.29, 0.717) is 29.7 Å². The van der Waals surface area contributed by atoms with E-state index in [1.807, 2.05) is 0 Å². The molecule has 3 aliphatic rings.